The molecule has 1 aliphatic heterocycles. The lowest BCUT2D eigenvalue weighted by Crippen LogP contribution is -2.47. The molecule has 158 valence electrons. The molecule has 0 unspecified atom stereocenters. The number of hydrogen-bond donors (Lipinski definition) is 3. The predicted octanol–water partition coefficient (Wildman–Crippen LogP) is 3.20. The fraction of sp³-hybridized carbons (Fsp3) is 0.174. The minimum absolute atomic E-state index is 0.167. The van der Waals surface area contributed by atoms with Gasteiger partial charge in [-0.15, -0.1) is 0 Å². The fourth-order valence-corrected chi connectivity index (χ4v) is 3.53. The first kappa shape index (κ1) is 20.2. The Morgan fingerprint density at radius 1 is 0.968 bits per heavy atom. The molecule has 8 nitrogen and oxygen atoms in total. The van der Waals surface area contributed by atoms with Gasteiger partial charge < -0.3 is 25.1 Å². The first-order valence-electron chi connectivity index (χ1n) is 9.84. The van der Waals surface area contributed by atoms with Gasteiger partial charge in [0, 0.05) is 17.1 Å². The minimum Gasteiger partial charge on any atom is -0.463 e. The highest BCUT2D eigenvalue weighted by atomic mass is 16.5. The Hall–Kier alpha value is -4.07. The van der Waals surface area contributed by atoms with E-state index in [1.807, 2.05) is 42.5 Å². The molecule has 1 aromatic heterocycles. The highest BCUT2D eigenvalue weighted by Gasteiger charge is 2.34. The minimum atomic E-state index is -0.726. The van der Waals surface area contributed by atoms with Gasteiger partial charge in [-0.1, -0.05) is 48.5 Å². The predicted molar refractivity (Wildman–Crippen MR) is 113 cm³/mol. The average Bonchev–Trinajstić information content (AvgIpc) is 3.22. The molecule has 0 fully saturated rings. The Bertz CT molecular complexity index is 1170. The molecule has 2 amide bonds. The largest absolute Gasteiger partial charge is 0.463 e. The monoisotopic (exact) mass is 419 g/mol. The van der Waals surface area contributed by atoms with Crippen molar-refractivity contribution in [2.45, 2.75) is 13.0 Å². The van der Waals surface area contributed by atoms with E-state index in [4.69, 9.17) is 9.47 Å². The summed E-state index contributed by atoms with van der Waals surface area (Å²) >= 11 is 0. The fourth-order valence-electron chi connectivity index (χ4n) is 3.53. The molecule has 2 aromatic carbocycles. The van der Waals surface area contributed by atoms with Crippen molar-refractivity contribution >= 4 is 28.9 Å². The number of fused-ring (bicyclic) bond motifs is 1. The number of aromatic nitrogens is 1. The third-order valence-corrected chi connectivity index (χ3v) is 4.94. The van der Waals surface area contributed by atoms with Crippen LogP contribution in [0.2, 0.25) is 0 Å². The van der Waals surface area contributed by atoms with Crippen LogP contribution >= 0.6 is 0 Å². The number of benzene rings is 2. The number of carbonyl (C=O) groups is 3. The molecule has 3 N–H and O–H groups in total. The van der Waals surface area contributed by atoms with Crippen LogP contribution in [0.5, 0.6) is 0 Å². The zero-order valence-electron chi connectivity index (χ0n) is 16.8. The zero-order chi connectivity index (χ0) is 21.8. The second kappa shape index (κ2) is 8.74. The quantitative estimate of drug-likeness (QED) is 0.532. The van der Waals surface area contributed by atoms with Crippen LogP contribution < -0.4 is 10.6 Å². The molecule has 4 rings (SSSR count). The third-order valence-electron chi connectivity index (χ3n) is 4.94. The van der Waals surface area contributed by atoms with Gasteiger partial charge in [-0.3, -0.25) is 0 Å². The maximum absolute atomic E-state index is 12.7. The normalized spacial score (nSPS) is 15.9. The molecular weight excluding hydrogens is 398 g/mol. The van der Waals surface area contributed by atoms with Crippen molar-refractivity contribution in [1.82, 2.24) is 15.6 Å². The Balaban J connectivity index is 1.64. The zero-order valence-corrected chi connectivity index (χ0v) is 16.8. The van der Waals surface area contributed by atoms with E-state index in [9.17, 15) is 14.4 Å². The molecule has 3 aromatic rings. The van der Waals surface area contributed by atoms with Crippen molar-refractivity contribution in [2.75, 3.05) is 13.2 Å². The second-order valence-corrected chi connectivity index (χ2v) is 6.88. The van der Waals surface area contributed by atoms with Gasteiger partial charge >= 0.3 is 18.0 Å². The number of urea groups is 1. The van der Waals surface area contributed by atoms with Gasteiger partial charge in [-0.2, -0.15) is 0 Å². The Labute approximate surface area is 178 Å². The van der Waals surface area contributed by atoms with Gasteiger partial charge in [0.2, 0.25) is 0 Å². The lowest BCUT2D eigenvalue weighted by molar-refractivity contribution is -0.139. The highest BCUT2D eigenvalue weighted by Crippen LogP contribution is 2.28. The summed E-state index contributed by atoms with van der Waals surface area (Å²) in [6, 6.07) is 15.2. The summed E-state index contributed by atoms with van der Waals surface area (Å²) in [5.41, 5.74) is 2.26. The summed E-state index contributed by atoms with van der Waals surface area (Å²) in [5.74, 6) is -1.17. The van der Waals surface area contributed by atoms with Crippen LogP contribution in [0, 0.1) is 0 Å². The number of esters is 2. The first-order valence-corrected chi connectivity index (χ1v) is 9.84. The van der Waals surface area contributed by atoms with Crippen molar-refractivity contribution in [3.63, 3.8) is 0 Å². The van der Waals surface area contributed by atoms with Crippen molar-refractivity contribution < 1.29 is 23.9 Å². The molecule has 8 heteroatoms. The van der Waals surface area contributed by atoms with Crippen LogP contribution in [0.15, 0.2) is 72.1 Å². The highest BCUT2D eigenvalue weighted by molar-refractivity contribution is 6.04. The van der Waals surface area contributed by atoms with Crippen molar-refractivity contribution in [3.05, 3.63) is 83.2 Å². The summed E-state index contributed by atoms with van der Waals surface area (Å²) in [6.45, 7) is 1.57. The number of nitrogens with one attached hydrogen (secondary N) is 3. The van der Waals surface area contributed by atoms with Crippen LogP contribution in [0.25, 0.3) is 10.9 Å². The van der Waals surface area contributed by atoms with Gasteiger partial charge in [-0.05, 0) is 18.6 Å². The molecule has 0 spiro atoms. The van der Waals surface area contributed by atoms with E-state index in [2.05, 4.69) is 15.6 Å². The number of carbonyl (C=O) groups excluding carboxylic acids is 3. The summed E-state index contributed by atoms with van der Waals surface area (Å²) in [5, 5.41) is 6.05. The maximum atomic E-state index is 12.7. The van der Waals surface area contributed by atoms with E-state index in [0.717, 1.165) is 10.9 Å². The molecule has 31 heavy (non-hydrogen) atoms. The number of ether oxygens (including phenoxy) is 2. The molecule has 1 atom stereocenters. The molecule has 0 aliphatic carbocycles. The Morgan fingerprint density at radius 3 is 2.48 bits per heavy atom. The topological polar surface area (TPSA) is 110 Å². The van der Waals surface area contributed by atoms with Crippen LogP contribution in [0.3, 0.4) is 0 Å². The summed E-state index contributed by atoms with van der Waals surface area (Å²) in [7, 11) is 0. The smallest absolute Gasteiger partial charge is 0.340 e. The van der Waals surface area contributed by atoms with Crippen molar-refractivity contribution in [2.24, 2.45) is 0 Å². The van der Waals surface area contributed by atoms with E-state index in [1.54, 1.807) is 25.3 Å². The van der Waals surface area contributed by atoms with Gasteiger partial charge in [0.1, 0.15) is 6.61 Å². The van der Waals surface area contributed by atoms with Crippen LogP contribution in [0.1, 0.15) is 28.9 Å². The molecule has 0 bridgehead atoms. The number of para-hydroxylation sites is 1. The molecular formula is C23H21N3O5. The third kappa shape index (κ3) is 4.13. The number of aromatic amines is 1. The summed E-state index contributed by atoms with van der Waals surface area (Å²) in [6.07, 6.45) is 1.57. The Morgan fingerprint density at radius 2 is 1.71 bits per heavy atom. The summed E-state index contributed by atoms with van der Waals surface area (Å²) in [4.78, 5) is 40.7. The lowest BCUT2D eigenvalue weighted by Gasteiger charge is -2.29. The number of amides is 2. The van der Waals surface area contributed by atoms with Crippen LogP contribution in [0.4, 0.5) is 4.79 Å². The molecule has 0 saturated heterocycles. The van der Waals surface area contributed by atoms with Gasteiger partial charge in [-0.25, -0.2) is 14.4 Å². The van der Waals surface area contributed by atoms with Crippen LogP contribution in [-0.2, 0) is 14.3 Å². The first-order chi connectivity index (χ1) is 15.1. The van der Waals surface area contributed by atoms with E-state index in [1.165, 1.54) is 0 Å². The van der Waals surface area contributed by atoms with Crippen molar-refractivity contribution in [1.29, 1.82) is 0 Å². The standard InChI is InChI=1S/C23H21N3O5/c1-2-30-22(28)19-18(25-23(29)26-20(19)14-8-4-3-5-9-14)13-31-21(27)16-12-24-17-11-7-6-10-15(16)17/h3-12,20,24H,2,13H2,1H3,(H2,25,26,29)/t20-/m0/s1. The van der Waals surface area contributed by atoms with Crippen molar-refractivity contribution in [3.8, 4) is 0 Å². The van der Waals surface area contributed by atoms with E-state index >= 15 is 0 Å². The number of hydrogen-bond acceptors (Lipinski definition) is 5. The molecule has 1 aliphatic rings. The van der Waals surface area contributed by atoms with Gasteiger partial charge in [0.05, 0.1) is 29.5 Å². The SMILES string of the molecule is CCOC(=O)C1=C(COC(=O)c2c[nH]c3ccccc23)NC(=O)N[C@H]1c1ccccc1. The van der Waals surface area contributed by atoms with E-state index in [-0.39, 0.29) is 24.5 Å². The molecule has 0 saturated carbocycles. The number of H-pyrrole nitrogens is 1. The van der Waals surface area contributed by atoms with Gasteiger partial charge in [0.25, 0.3) is 0 Å². The molecule has 2 heterocycles. The maximum Gasteiger partial charge on any atom is 0.340 e. The van der Waals surface area contributed by atoms with Gasteiger partial charge in [0.15, 0.2) is 0 Å². The Kier molecular flexibility index (Phi) is 5.70. The molecule has 0 radical (unpaired) electrons. The average molecular weight is 419 g/mol. The lowest BCUT2D eigenvalue weighted by atomic mass is 9.95. The summed E-state index contributed by atoms with van der Waals surface area (Å²) < 4.78 is 10.7. The van der Waals surface area contributed by atoms with E-state index < -0.39 is 24.0 Å². The van der Waals surface area contributed by atoms with E-state index in [0.29, 0.717) is 11.1 Å². The number of rotatable bonds is 6. The second-order valence-electron chi connectivity index (χ2n) is 6.88. The van der Waals surface area contributed by atoms with Crippen LogP contribution in [-0.4, -0.2) is 36.2 Å².